The van der Waals surface area contributed by atoms with E-state index in [4.69, 9.17) is 9.47 Å². The Morgan fingerprint density at radius 1 is 1.38 bits per heavy atom. The molecule has 1 aliphatic heterocycles. The summed E-state index contributed by atoms with van der Waals surface area (Å²) in [4.78, 5) is 12.5. The molecule has 1 aliphatic carbocycles. The van der Waals surface area contributed by atoms with Crippen molar-refractivity contribution in [1.82, 2.24) is 5.32 Å². The fraction of sp³-hybridized carbons (Fsp3) is 0.524. The van der Waals surface area contributed by atoms with Gasteiger partial charge in [-0.1, -0.05) is 19.3 Å². The molecule has 1 heterocycles. The van der Waals surface area contributed by atoms with Crippen LogP contribution < -0.4 is 14.8 Å². The standard InChI is InChI=1S/C21H26N2O3/c1-3-25-19-11-15-9-14(2)26-20(15)12-16(19)10-17(13-22)21(24)23-18-7-5-4-6-8-18/h10-12,14,18H,3-9H2,1-2H3,(H,23,24)/b17-10+. The predicted octanol–water partition coefficient (Wildman–Crippen LogP) is 3.76. The Morgan fingerprint density at radius 3 is 2.85 bits per heavy atom. The lowest BCUT2D eigenvalue weighted by Crippen LogP contribution is -2.36. The van der Waals surface area contributed by atoms with E-state index >= 15 is 0 Å². The first kappa shape index (κ1) is 18.3. The molecular weight excluding hydrogens is 328 g/mol. The molecule has 0 aromatic heterocycles. The first-order valence-corrected chi connectivity index (χ1v) is 9.49. The molecule has 1 unspecified atom stereocenters. The van der Waals surface area contributed by atoms with E-state index in [1.807, 2.05) is 32.0 Å². The van der Waals surface area contributed by atoms with Crippen molar-refractivity contribution < 1.29 is 14.3 Å². The van der Waals surface area contributed by atoms with Crippen LogP contribution in [-0.2, 0) is 11.2 Å². The van der Waals surface area contributed by atoms with E-state index in [0.717, 1.165) is 43.4 Å². The van der Waals surface area contributed by atoms with Gasteiger partial charge in [0.15, 0.2) is 0 Å². The van der Waals surface area contributed by atoms with Gasteiger partial charge in [0, 0.05) is 23.6 Å². The van der Waals surface area contributed by atoms with Gasteiger partial charge in [0.1, 0.15) is 29.2 Å². The normalized spacial score (nSPS) is 20.0. The molecule has 1 aromatic rings. The molecule has 1 fully saturated rings. The third-order valence-electron chi connectivity index (χ3n) is 4.93. The highest BCUT2D eigenvalue weighted by Crippen LogP contribution is 2.36. The second-order valence-electron chi connectivity index (χ2n) is 7.04. The zero-order chi connectivity index (χ0) is 18.5. The summed E-state index contributed by atoms with van der Waals surface area (Å²) in [5, 5.41) is 12.5. The van der Waals surface area contributed by atoms with Gasteiger partial charge in [-0.25, -0.2) is 0 Å². The van der Waals surface area contributed by atoms with Crippen LogP contribution in [0.25, 0.3) is 6.08 Å². The van der Waals surface area contributed by atoms with E-state index in [0.29, 0.717) is 17.9 Å². The van der Waals surface area contributed by atoms with E-state index in [2.05, 4.69) is 5.32 Å². The van der Waals surface area contributed by atoms with Gasteiger partial charge in [0.25, 0.3) is 5.91 Å². The highest BCUT2D eigenvalue weighted by Gasteiger charge is 2.23. The lowest BCUT2D eigenvalue weighted by Gasteiger charge is -2.22. The number of hydrogen-bond donors (Lipinski definition) is 1. The summed E-state index contributed by atoms with van der Waals surface area (Å²) in [7, 11) is 0. The number of fused-ring (bicyclic) bond motifs is 1. The smallest absolute Gasteiger partial charge is 0.262 e. The summed E-state index contributed by atoms with van der Waals surface area (Å²) in [6.45, 7) is 4.46. The van der Waals surface area contributed by atoms with Gasteiger partial charge in [-0.05, 0) is 44.9 Å². The molecule has 1 N–H and O–H groups in total. The number of benzene rings is 1. The minimum absolute atomic E-state index is 0.0996. The van der Waals surface area contributed by atoms with Crippen LogP contribution in [0.1, 0.15) is 57.1 Å². The van der Waals surface area contributed by atoms with Gasteiger partial charge in [-0.3, -0.25) is 4.79 Å². The summed E-state index contributed by atoms with van der Waals surface area (Å²) >= 11 is 0. The van der Waals surface area contributed by atoms with Crippen molar-refractivity contribution in [2.75, 3.05) is 6.61 Å². The van der Waals surface area contributed by atoms with Gasteiger partial charge < -0.3 is 14.8 Å². The number of ether oxygens (including phenoxy) is 2. The zero-order valence-electron chi connectivity index (χ0n) is 15.5. The Hall–Kier alpha value is -2.48. The Balaban J connectivity index is 1.84. The quantitative estimate of drug-likeness (QED) is 0.645. The third-order valence-corrected chi connectivity index (χ3v) is 4.93. The maximum absolute atomic E-state index is 12.5. The van der Waals surface area contributed by atoms with Gasteiger partial charge in [0.2, 0.25) is 0 Å². The van der Waals surface area contributed by atoms with Crippen molar-refractivity contribution in [2.24, 2.45) is 0 Å². The van der Waals surface area contributed by atoms with Crippen molar-refractivity contribution in [3.05, 3.63) is 28.8 Å². The number of carbonyl (C=O) groups is 1. The second kappa shape index (κ2) is 8.27. The van der Waals surface area contributed by atoms with E-state index < -0.39 is 0 Å². The summed E-state index contributed by atoms with van der Waals surface area (Å²) in [6, 6.07) is 6.04. The third kappa shape index (κ3) is 4.19. The maximum atomic E-state index is 12.5. The monoisotopic (exact) mass is 354 g/mol. The van der Waals surface area contributed by atoms with E-state index in [1.165, 1.54) is 6.42 Å². The average Bonchev–Trinajstić information content (AvgIpc) is 2.99. The van der Waals surface area contributed by atoms with Crippen LogP contribution >= 0.6 is 0 Å². The Morgan fingerprint density at radius 2 is 2.15 bits per heavy atom. The van der Waals surface area contributed by atoms with E-state index in [-0.39, 0.29) is 23.6 Å². The van der Waals surface area contributed by atoms with Crippen molar-refractivity contribution in [3.8, 4) is 17.6 Å². The second-order valence-corrected chi connectivity index (χ2v) is 7.04. The van der Waals surface area contributed by atoms with Crippen molar-refractivity contribution in [1.29, 1.82) is 5.26 Å². The number of carbonyl (C=O) groups excluding carboxylic acids is 1. The molecule has 0 spiro atoms. The molecule has 5 nitrogen and oxygen atoms in total. The minimum Gasteiger partial charge on any atom is -0.493 e. The number of rotatable bonds is 5. The van der Waals surface area contributed by atoms with Gasteiger partial charge in [-0.2, -0.15) is 5.26 Å². The van der Waals surface area contributed by atoms with Crippen LogP contribution in [0.4, 0.5) is 0 Å². The molecule has 138 valence electrons. The number of nitrogens with one attached hydrogen (secondary N) is 1. The Kier molecular flexibility index (Phi) is 5.82. The molecule has 26 heavy (non-hydrogen) atoms. The first-order chi connectivity index (χ1) is 12.6. The summed E-state index contributed by atoms with van der Waals surface area (Å²) in [5.41, 5.74) is 1.90. The highest BCUT2D eigenvalue weighted by molar-refractivity contribution is 6.02. The Labute approximate surface area is 155 Å². The first-order valence-electron chi connectivity index (χ1n) is 9.49. The van der Waals surface area contributed by atoms with Crippen molar-refractivity contribution in [3.63, 3.8) is 0 Å². The number of amides is 1. The minimum atomic E-state index is -0.309. The Bertz CT molecular complexity index is 742. The van der Waals surface area contributed by atoms with Crippen LogP contribution in [0.2, 0.25) is 0 Å². The molecule has 1 saturated carbocycles. The molecular formula is C21H26N2O3. The SMILES string of the molecule is CCOc1cc2c(cc1/C=C(\C#N)C(=O)NC1CCCCC1)OC(C)C2. The molecule has 1 amide bonds. The molecule has 0 radical (unpaired) electrons. The van der Waals surface area contributed by atoms with Crippen LogP contribution in [-0.4, -0.2) is 24.7 Å². The summed E-state index contributed by atoms with van der Waals surface area (Å²) in [5.74, 6) is 1.18. The van der Waals surface area contributed by atoms with Crippen LogP contribution in [0.3, 0.4) is 0 Å². The van der Waals surface area contributed by atoms with Crippen molar-refractivity contribution in [2.45, 2.75) is 64.5 Å². The molecule has 0 bridgehead atoms. The van der Waals surface area contributed by atoms with Gasteiger partial charge in [-0.15, -0.1) is 0 Å². The van der Waals surface area contributed by atoms with E-state index in [1.54, 1.807) is 6.08 Å². The molecule has 3 rings (SSSR count). The summed E-state index contributed by atoms with van der Waals surface area (Å²) in [6.07, 6.45) is 8.03. The lowest BCUT2D eigenvalue weighted by atomic mass is 9.95. The molecule has 2 aliphatic rings. The molecule has 5 heteroatoms. The predicted molar refractivity (Wildman–Crippen MR) is 100 cm³/mol. The largest absolute Gasteiger partial charge is 0.493 e. The average molecular weight is 354 g/mol. The topological polar surface area (TPSA) is 71.3 Å². The van der Waals surface area contributed by atoms with E-state index in [9.17, 15) is 10.1 Å². The fourth-order valence-electron chi connectivity index (χ4n) is 3.66. The molecule has 0 saturated heterocycles. The summed E-state index contributed by atoms with van der Waals surface area (Å²) < 4.78 is 11.5. The number of nitriles is 1. The van der Waals surface area contributed by atoms with Gasteiger partial charge >= 0.3 is 0 Å². The van der Waals surface area contributed by atoms with Crippen LogP contribution in [0.5, 0.6) is 11.5 Å². The maximum Gasteiger partial charge on any atom is 0.262 e. The zero-order valence-corrected chi connectivity index (χ0v) is 15.5. The fourth-order valence-corrected chi connectivity index (χ4v) is 3.66. The van der Waals surface area contributed by atoms with Gasteiger partial charge in [0.05, 0.1) is 6.61 Å². The lowest BCUT2D eigenvalue weighted by molar-refractivity contribution is -0.117. The highest BCUT2D eigenvalue weighted by atomic mass is 16.5. The number of hydrogen-bond acceptors (Lipinski definition) is 4. The molecule has 1 aromatic carbocycles. The van der Waals surface area contributed by atoms with Crippen molar-refractivity contribution >= 4 is 12.0 Å². The van der Waals surface area contributed by atoms with Crippen LogP contribution in [0.15, 0.2) is 17.7 Å². The number of nitrogens with zero attached hydrogens (tertiary/aromatic N) is 1. The van der Waals surface area contributed by atoms with Crippen LogP contribution in [0, 0.1) is 11.3 Å². The molecule has 1 atom stereocenters.